The van der Waals surface area contributed by atoms with E-state index in [-0.39, 0.29) is 0 Å². The summed E-state index contributed by atoms with van der Waals surface area (Å²) in [6.07, 6.45) is 12.6. The highest BCUT2D eigenvalue weighted by molar-refractivity contribution is 6.30. The summed E-state index contributed by atoms with van der Waals surface area (Å²) >= 11 is 6.01. The van der Waals surface area contributed by atoms with Crippen LogP contribution in [0.2, 0.25) is 5.02 Å². The van der Waals surface area contributed by atoms with Gasteiger partial charge in [-0.25, -0.2) is 4.98 Å². The Labute approximate surface area is 162 Å². The zero-order valence-electron chi connectivity index (χ0n) is 15.8. The molecule has 0 unspecified atom stereocenters. The summed E-state index contributed by atoms with van der Waals surface area (Å²) in [5, 5.41) is 0.762. The summed E-state index contributed by atoms with van der Waals surface area (Å²) in [6, 6.07) is 8.00. The van der Waals surface area contributed by atoms with Crippen molar-refractivity contribution in [2.75, 3.05) is 0 Å². The van der Waals surface area contributed by atoms with Crippen LogP contribution in [0, 0.1) is 0 Å². The number of hydrogen-bond donors (Lipinski definition) is 0. The molecule has 138 valence electrons. The van der Waals surface area contributed by atoms with Crippen LogP contribution in [0.4, 0.5) is 0 Å². The number of allylic oxidation sites excluding steroid dienone is 2. The third kappa shape index (κ3) is 4.59. The quantitative estimate of drug-likeness (QED) is 0.584. The van der Waals surface area contributed by atoms with Crippen molar-refractivity contribution in [3.8, 4) is 0 Å². The van der Waals surface area contributed by atoms with Gasteiger partial charge in [0.2, 0.25) is 0 Å². The Morgan fingerprint density at radius 2 is 1.92 bits per heavy atom. The monoisotopic (exact) mass is 369 g/mol. The molecule has 1 aliphatic carbocycles. The molecule has 0 aliphatic heterocycles. The van der Waals surface area contributed by atoms with Crippen molar-refractivity contribution >= 4 is 17.8 Å². The fraction of sp³-hybridized carbons (Fsp3) is 0.409. The Morgan fingerprint density at radius 1 is 1.23 bits per heavy atom. The molecule has 0 N–H and O–H groups in total. The standard InChI is InChI=1S/C22H28ClN3/c1-17(2)26(16-19-9-11-21(23)12-10-19)18(3)15-25-14-13-24-22(25)20-7-5-4-6-8-20/h9-15,20H,1,4-8,16H2,2-3H3/b18-15-. The van der Waals surface area contributed by atoms with Gasteiger partial charge in [-0.05, 0) is 44.4 Å². The average molecular weight is 370 g/mol. The molecule has 1 aromatic heterocycles. The average Bonchev–Trinajstić information content (AvgIpc) is 3.09. The van der Waals surface area contributed by atoms with Gasteiger partial charge in [0, 0.05) is 47.5 Å². The SMILES string of the molecule is C=C(C)N(Cc1ccc(Cl)cc1)/C(C)=C\n1ccnc1C1CCCCC1. The molecule has 0 amide bonds. The lowest BCUT2D eigenvalue weighted by molar-refractivity contribution is 0.419. The minimum absolute atomic E-state index is 0.581. The van der Waals surface area contributed by atoms with E-state index in [0.29, 0.717) is 5.92 Å². The largest absolute Gasteiger partial charge is 0.344 e. The fourth-order valence-corrected chi connectivity index (χ4v) is 3.84. The molecule has 1 aromatic carbocycles. The third-order valence-electron chi connectivity index (χ3n) is 5.14. The maximum Gasteiger partial charge on any atom is 0.115 e. The molecule has 0 saturated heterocycles. The van der Waals surface area contributed by atoms with Crippen LogP contribution >= 0.6 is 11.6 Å². The van der Waals surface area contributed by atoms with Crippen LogP contribution in [-0.4, -0.2) is 14.5 Å². The number of rotatable bonds is 6. The first-order valence-corrected chi connectivity index (χ1v) is 9.81. The molecule has 1 heterocycles. The van der Waals surface area contributed by atoms with Crippen LogP contribution in [0.15, 0.2) is 54.6 Å². The minimum Gasteiger partial charge on any atom is -0.344 e. The predicted molar refractivity (Wildman–Crippen MR) is 110 cm³/mol. The van der Waals surface area contributed by atoms with Gasteiger partial charge in [0.05, 0.1) is 0 Å². The van der Waals surface area contributed by atoms with Gasteiger partial charge >= 0.3 is 0 Å². The van der Waals surface area contributed by atoms with E-state index in [9.17, 15) is 0 Å². The summed E-state index contributed by atoms with van der Waals surface area (Å²) in [7, 11) is 0. The molecule has 1 fully saturated rings. The molecule has 4 heteroatoms. The molecule has 26 heavy (non-hydrogen) atoms. The van der Waals surface area contributed by atoms with E-state index in [4.69, 9.17) is 11.6 Å². The number of aromatic nitrogens is 2. The minimum atomic E-state index is 0.581. The number of benzene rings is 1. The topological polar surface area (TPSA) is 21.1 Å². The molecule has 3 nitrogen and oxygen atoms in total. The molecule has 1 aliphatic rings. The highest BCUT2D eigenvalue weighted by Crippen LogP contribution is 2.32. The smallest absolute Gasteiger partial charge is 0.115 e. The normalized spacial score (nSPS) is 15.9. The van der Waals surface area contributed by atoms with Gasteiger partial charge in [-0.15, -0.1) is 0 Å². The molecule has 0 atom stereocenters. The Kier molecular flexibility index (Phi) is 6.20. The summed E-state index contributed by atoms with van der Waals surface area (Å²) < 4.78 is 2.20. The van der Waals surface area contributed by atoms with Crippen molar-refractivity contribution < 1.29 is 0 Å². The first kappa shape index (κ1) is 18.8. The number of imidazole rings is 1. The van der Waals surface area contributed by atoms with E-state index in [0.717, 1.165) is 23.0 Å². The van der Waals surface area contributed by atoms with Gasteiger partial charge in [-0.1, -0.05) is 49.6 Å². The van der Waals surface area contributed by atoms with Crippen molar-refractivity contribution in [2.45, 2.75) is 58.4 Å². The first-order chi connectivity index (χ1) is 12.5. The van der Waals surface area contributed by atoms with E-state index >= 15 is 0 Å². The van der Waals surface area contributed by atoms with Crippen LogP contribution in [-0.2, 0) is 6.54 Å². The van der Waals surface area contributed by atoms with Crippen LogP contribution in [0.25, 0.3) is 6.20 Å². The second-order valence-corrected chi connectivity index (χ2v) is 7.68. The molecular weight excluding hydrogens is 342 g/mol. The van der Waals surface area contributed by atoms with E-state index in [1.54, 1.807) is 0 Å². The molecule has 0 bridgehead atoms. The van der Waals surface area contributed by atoms with Gasteiger partial charge in [0.25, 0.3) is 0 Å². The predicted octanol–water partition coefficient (Wildman–Crippen LogP) is 6.44. The first-order valence-electron chi connectivity index (χ1n) is 9.43. The zero-order chi connectivity index (χ0) is 18.5. The van der Waals surface area contributed by atoms with Crippen LogP contribution < -0.4 is 0 Å². The second kappa shape index (κ2) is 8.59. The Balaban J connectivity index is 1.81. The Morgan fingerprint density at radius 3 is 2.58 bits per heavy atom. The van der Waals surface area contributed by atoms with Crippen LogP contribution in [0.1, 0.15) is 63.3 Å². The molecular formula is C22H28ClN3. The van der Waals surface area contributed by atoms with E-state index < -0.39 is 0 Å². The van der Waals surface area contributed by atoms with E-state index in [1.807, 2.05) is 25.3 Å². The summed E-state index contributed by atoms with van der Waals surface area (Å²) in [4.78, 5) is 6.88. The van der Waals surface area contributed by atoms with Crippen LogP contribution in [0.3, 0.4) is 0 Å². The number of hydrogen-bond acceptors (Lipinski definition) is 2. The fourth-order valence-electron chi connectivity index (χ4n) is 3.71. The summed E-state index contributed by atoms with van der Waals surface area (Å²) in [5.74, 6) is 1.77. The van der Waals surface area contributed by atoms with Crippen molar-refractivity contribution in [2.24, 2.45) is 0 Å². The highest BCUT2D eigenvalue weighted by atomic mass is 35.5. The van der Waals surface area contributed by atoms with Gasteiger partial charge in [-0.3, -0.25) is 0 Å². The maximum atomic E-state index is 6.01. The number of halogens is 1. The lowest BCUT2D eigenvalue weighted by Gasteiger charge is -2.26. The molecule has 0 radical (unpaired) electrons. The molecule has 0 spiro atoms. The van der Waals surface area contributed by atoms with Gasteiger partial charge in [0.15, 0.2) is 0 Å². The lowest BCUT2D eigenvalue weighted by atomic mass is 9.89. The van der Waals surface area contributed by atoms with Crippen molar-refractivity contribution in [1.82, 2.24) is 14.5 Å². The third-order valence-corrected chi connectivity index (χ3v) is 5.39. The molecule has 2 aromatic rings. The molecule has 3 rings (SSSR count). The maximum absolute atomic E-state index is 6.01. The molecule has 1 saturated carbocycles. The Hall–Kier alpha value is -2.00. The summed E-state index contributed by atoms with van der Waals surface area (Å²) in [5.41, 5.74) is 3.39. The van der Waals surface area contributed by atoms with Crippen molar-refractivity contribution in [3.05, 3.63) is 71.0 Å². The van der Waals surface area contributed by atoms with Gasteiger partial charge < -0.3 is 9.47 Å². The van der Waals surface area contributed by atoms with Gasteiger partial charge in [0.1, 0.15) is 5.82 Å². The van der Waals surface area contributed by atoms with Crippen molar-refractivity contribution in [3.63, 3.8) is 0 Å². The number of nitrogens with zero attached hydrogens (tertiary/aromatic N) is 3. The van der Waals surface area contributed by atoms with E-state index in [2.05, 4.69) is 52.5 Å². The van der Waals surface area contributed by atoms with E-state index in [1.165, 1.54) is 43.5 Å². The summed E-state index contributed by atoms with van der Waals surface area (Å²) in [6.45, 7) is 9.13. The zero-order valence-corrected chi connectivity index (χ0v) is 16.5. The second-order valence-electron chi connectivity index (χ2n) is 7.25. The van der Waals surface area contributed by atoms with Crippen molar-refractivity contribution in [1.29, 1.82) is 0 Å². The lowest BCUT2D eigenvalue weighted by Crippen LogP contribution is -2.19. The van der Waals surface area contributed by atoms with Gasteiger partial charge in [-0.2, -0.15) is 0 Å². The van der Waals surface area contributed by atoms with Crippen LogP contribution in [0.5, 0.6) is 0 Å². The Bertz CT molecular complexity index is 767. The highest BCUT2D eigenvalue weighted by Gasteiger charge is 2.19.